The van der Waals surface area contributed by atoms with E-state index in [-0.39, 0.29) is 11.1 Å². The first-order chi connectivity index (χ1) is 6.06. The maximum atomic E-state index is 13.0. The van der Waals surface area contributed by atoms with E-state index in [1.807, 2.05) is 0 Å². The number of phenols is 1. The number of Topliss-reactive ketones (excluding diaryl/α,β-unsaturated/α-hetero) is 1. The first-order valence-electron chi connectivity index (χ1n) is 3.50. The molecular formula is C9H6FNO2. The number of hydrogen-bond donors (Lipinski definition) is 1. The standard InChI is InChI=1S/C9H6FNO2/c1-5(12)9-7(10)2-6(4-11)3-8(9)13/h2-3,13H,1H3. The van der Waals surface area contributed by atoms with Gasteiger partial charge in [-0.3, -0.25) is 4.79 Å². The van der Waals surface area contributed by atoms with Crippen molar-refractivity contribution in [1.82, 2.24) is 0 Å². The molecule has 0 unspecified atom stereocenters. The van der Waals surface area contributed by atoms with E-state index in [1.54, 1.807) is 6.07 Å². The van der Waals surface area contributed by atoms with Gasteiger partial charge in [-0.1, -0.05) is 0 Å². The zero-order chi connectivity index (χ0) is 10.0. The van der Waals surface area contributed by atoms with E-state index in [1.165, 1.54) is 0 Å². The second-order valence-corrected chi connectivity index (χ2v) is 2.52. The third-order valence-corrected chi connectivity index (χ3v) is 1.55. The van der Waals surface area contributed by atoms with Crippen molar-refractivity contribution in [1.29, 1.82) is 5.26 Å². The highest BCUT2D eigenvalue weighted by Gasteiger charge is 2.13. The number of nitriles is 1. The highest BCUT2D eigenvalue weighted by molar-refractivity contribution is 5.97. The lowest BCUT2D eigenvalue weighted by atomic mass is 10.1. The van der Waals surface area contributed by atoms with Crippen molar-refractivity contribution < 1.29 is 14.3 Å². The summed E-state index contributed by atoms with van der Waals surface area (Å²) in [6.45, 7) is 1.14. The molecule has 1 N–H and O–H groups in total. The van der Waals surface area contributed by atoms with Crippen molar-refractivity contribution in [2.75, 3.05) is 0 Å². The Morgan fingerprint density at radius 1 is 1.62 bits per heavy atom. The van der Waals surface area contributed by atoms with Gasteiger partial charge in [-0.05, 0) is 19.1 Å². The molecule has 0 aliphatic rings. The Morgan fingerprint density at radius 3 is 2.62 bits per heavy atom. The molecule has 0 aliphatic carbocycles. The van der Waals surface area contributed by atoms with Crippen molar-refractivity contribution in [3.63, 3.8) is 0 Å². The van der Waals surface area contributed by atoms with Crippen LogP contribution < -0.4 is 0 Å². The summed E-state index contributed by atoms with van der Waals surface area (Å²) in [4.78, 5) is 10.8. The van der Waals surface area contributed by atoms with Gasteiger partial charge < -0.3 is 5.11 Å². The van der Waals surface area contributed by atoms with E-state index >= 15 is 0 Å². The Bertz CT molecular complexity index is 384. The fraction of sp³-hybridized carbons (Fsp3) is 0.111. The summed E-state index contributed by atoms with van der Waals surface area (Å²) in [5, 5.41) is 17.6. The van der Waals surface area contributed by atoms with Crippen LogP contribution in [-0.2, 0) is 0 Å². The average Bonchev–Trinajstić information content (AvgIpc) is 2.02. The summed E-state index contributed by atoms with van der Waals surface area (Å²) in [6.07, 6.45) is 0. The van der Waals surface area contributed by atoms with E-state index in [0.717, 1.165) is 19.1 Å². The summed E-state index contributed by atoms with van der Waals surface area (Å²) in [5.74, 6) is -1.94. The minimum absolute atomic E-state index is 0.0139. The van der Waals surface area contributed by atoms with E-state index in [4.69, 9.17) is 10.4 Å². The number of benzene rings is 1. The van der Waals surface area contributed by atoms with Crippen molar-refractivity contribution in [3.05, 3.63) is 29.1 Å². The molecule has 0 amide bonds. The van der Waals surface area contributed by atoms with Crippen LogP contribution >= 0.6 is 0 Å². The topological polar surface area (TPSA) is 61.1 Å². The molecule has 1 rings (SSSR count). The largest absolute Gasteiger partial charge is 0.507 e. The summed E-state index contributed by atoms with van der Waals surface area (Å²) in [5.41, 5.74) is -0.390. The SMILES string of the molecule is CC(=O)c1c(O)cc(C#N)cc1F. The lowest BCUT2D eigenvalue weighted by Gasteiger charge is -2.01. The van der Waals surface area contributed by atoms with Gasteiger partial charge in [0.2, 0.25) is 0 Å². The number of ketones is 1. The van der Waals surface area contributed by atoms with Gasteiger partial charge in [-0.25, -0.2) is 4.39 Å². The van der Waals surface area contributed by atoms with E-state index in [9.17, 15) is 9.18 Å². The van der Waals surface area contributed by atoms with Gasteiger partial charge in [0.1, 0.15) is 11.6 Å². The highest BCUT2D eigenvalue weighted by Crippen LogP contribution is 2.22. The number of nitrogens with zero attached hydrogens (tertiary/aromatic N) is 1. The molecule has 66 valence electrons. The van der Waals surface area contributed by atoms with Crippen molar-refractivity contribution >= 4 is 5.78 Å². The second kappa shape index (κ2) is 3.23. The summed E-state index contributed by atoms with van der Waals surface area (Å²) in [7, 11) is 0. The predicted octanol–water partition coefficient (Wildman–Crippen LogP) is 1.61. The Labute approximate surface area is 74.0 Å². The Kier molecular flexibility index (Phi) is 2.29. The molecule has 0 aromatic heterocycles. The molecule has 1 aromatic rings. The third kappa shape index (κ3) is 1.64. The molecule has 13 heavy (non-hydrogen) atoms. The molecule has 0 radical (unpaired) electrons. The van der Waals surface area contributed by atoms with E-state index in [2.05, 4.69) is 0 Å². The van der Waals surface area contributed by atoms with Gasteiger partial charge in [-0.15, -0.1) is 0 Å². The van der Waals surface area contributed by atoms with Crippen LogP contribution in [0.5, 0.6) is 5.75 Å². The Morgan fingerprint density at radius 2 is 2.23 bits per heavy atom. The van der Waals surface area contributed by atoms with Crippen molar-refractivity contribution in [3.8, 4) is 11.8 Å². The molecule has 0 aliphatic heterocycles. The fourth-order valence-corrected chi connectivity index (χ4v) is 1.01. The molecular weight excluding hydrogens is 173 g/mol. The molecule has 0 saturated heterocycles. The summed E-state index contributed by atoms with van der Waals surface area (Å²) in [6, 6.07) is 3.63. The molecule has 0 spiro atoms. The van der Waals surface area contributed by atoms with Crippen LogP contribution in [0.25, 0.3) is 0 Å². The summed E-state index contributed by atoms with van der Waals surface area (Å²) < 4.78 is 13.0. The highest BCUT2D eigenvalue weighted by atomic mass is 19.1. The van der Waals surface area contributed by atoms with Gasteiger partial charge in [0.25, 0.3) is 0 Å². The maximum absolute atomic E-state index is 13.0. The fourth-order valence-electron chi connectivity index (χ4n) is 1.01. The molecule has 0 atom stereocenters. The second-order valence-electron chi connectivity index (χ2n) is 2.52. The molecule has 3 nitrogen and oxygen atoms in total. The monoisotopic (exact) mass is 179 g/mol. The van der Waals surface area contributed by atoms with Gasteiger partial charge in [-0.2, -0.15) is 5.26 Å². The number of rotatable bonds is 1. The Hall–Kier alpha value is -1.89. The van der Waals surface area contributed by atoms with Crippen molar-refractivity contribution in [2.45, 2.75) is 6.92 Å². The first-order valence-corrected chi connectivity index (χ1v) is 3.50. The van der Waals surface area contributed by atoms with Crippen LogP contribution in [-0.4, -0.2) is 10.9 Å². The minimum atomic E-state index is -0.871. The number of aromatic hydroxyl groups is 1. The molecule has 4 heteroatoms. The number of carbonyl (C=O) groups excluding carboxylic acids is 1. The first kappa shape index (κ1) is 9.20. The van der Waals surface area contributed by atoms with Gasteiger partial charge >= 0.3 is 0 Å². The van der Waals surface area contributed by atoms with Crippen LogP contribution in [0.15, 0.2) is 12.1 Å². The van der Waals surface area contributed by atoms with Crippen molar-refractivity contribution in [2.24, 2.45) is 0 Å². The quantitative estimate of drug-likeness (QED) is 0.666. The summed E-state index contributed by atoms with van der Waals surface area (Å²) >= 11 is 0. The van der Waals surface area contributed by atoms with E-state index < -0.39 is 17.3 Å². The number of phenolic OH excluding ortho intramolecular Hbond substituents is 1. The lowest BCUT2D eigenvalue weighted by Crippen LogP contribution is -1.98. The molecule has 0 heterocycles. The van der Waals surface area contributed by atoms with Crippen LogP contribution in [0, 0.1) is 17.1 Å². The molecule has 0 fully saturated rings. The lowest BCUT2D eigenvalue weighted by molar-refractivity contribution is 0.101. The molecule has 0 saturated carbocycles. The zero-order valence-corrected chi connectivity index (χ0v) is 6.84. The van der Waals surface area contributed by atoms with Crippen LogP contribution in [0.4, 0.5) is 4.39 Å². The predicted molar refractivity (Wildman–Crippen MR) is 42.8 cm³/mol. The molecule has 1 aromatic carbocycles. The van der Waals surface area contributed by atoms with Gasteiger partial charge in [0.15, 0.2) is 5.78 Å². The number of carbonyl (C=O) groups is 1. The van der Waals surface area contributed by atoms with E-state index in [0.29, 0.717) is 0 Å². The minimum Gasteiger partial charge on any atom is -0.507 e. The Balaban J connectivity index is 3.42. The van der Waals surface area contributed by atoms with Crippen LogP contribution in [0.2, 0.25) is 0 Å². The number of halogens is 1. The van der Waals surface area contributed by atoms with Crippen LogP contribution in [0.3, 0.4) is 0 Å². The van der Waals surface area contributed by atoms with Gasteiger partial charge in [0.05, 0.1) is 17.2 Å². The number of hydrogen-bond acceptors (Lipinski definition) is 3. The smallest absolute Gasteiger partial charge is 0.166 e. The average molecular weight is 179 g/mol. The maximum Gasteiger partial charge on any atom is 0.166 e. The third-order valence-electron chi connectivity index (χ3n) is 1.55. The zero-order valence-electron chi connectivity index (χ0n) is 6.84. The molecule has 0 bridgehead atoms. The van der Waals surface area contributed by atoms with Gasteiger partial charge in [0, 0.05) is 0 Å². The van der Waals surface area contributed by atoms with Crippen LogP contribution in [0.1, 0.15) is 22.8 Å². The normalized spacial score (nSPS) is 9.31.